The number of fused-ring (bicyclic) bond motifs is 1. The molecule has 0 amide bonds. The molecule has 0 aliphatic carbocycles. The van der Waals surface area contributed by atoms with Crippen molar-refractivity contribution in [2.75, 3.05) is 24.9 Å². The molecule has 0 unspecified atom stereocenters. The molecule has 0 fully saturated rings. The van der Waals surface area contributed by atoms with Gasteiger partial charge in [0.25, 0.3) is 10.0 Å². The van der Waals surface area contributed by atoms with Gasteiger partial charge in [0, 0.05) is 20.6 Å². The smallest absolute Gasteiger partial charge is 0.264 e. The Bertz CT molecular complexity index is 1140. The average Bonchev–Trinajstić information content (AvgIpc) is 3.04. The number of sulfonamides is 2. The first-order chi connectivity index (χ1) is 12.9. The van der Waals surface area contributed by atoms with E-state index in [1.54, 1.807) is 12.1 Å². The van der Waals surface area contributed by atoms with Gasteiger partial charge in [0.1, 0.15) is 0 Å². The van der Waals surface area contributed by atoms with Crippen LogP contribution in [0.25, 0.3) is 0 Å². The lowest BCUT2D eigenvalue weighted by atomic mass is 10.0. The van der Waals surface area contributed by atoms with E-state index in [1.807, 2.05) is 33.8 Å². The number of anilines is 1. The van der Waals surface area contributed by atoms with Gasteiger partial charge in [-0.15, -0.1) is 0 Å². The Hall–Kier alpha value is -1.90. The van der Waals surface area contributed by atoms with Crippen molar-refractivity contribution < 1.29 is 16.8 Å². The molecule has 0 bridgehead atoms. The first-order valence-corrected chi connectivity index (χ1v) is 11.9. The normalized spacial score (nSPS) is 14.6. The molecule has 0 spiro atoms. The van der Waals surface area contributed by atoms with Crippen molar-refractivity contribution in [2.24, 2.45) is 0 Å². The van der Waals surface area contributed by atoms with Crippen LogP contribution in [0.15, 0.2) is 34.1 Å². The summed E-state index contributed by atoms with van der Waals surface area (Å²) in [7, 11) is -4.36. The number of benzene rings is 2. The Balaban J connectivity index is 2.13. The predicted octanol–water partition coefficient (Wildman–Crippen LogP) is 2.92. The summed E-state index contributed by atoms with van der Waals surface area (Å²) < 4.78 is 54.4. The Kier molecular flexibility index (Phi) is 5.10. The molecule has 3 rings (SSSR count). The zero-order valence-electron chi connectivity index (χ0n) is 17.1. The van der Waals surface area contributed by atoms with Crippen LogP contribution in [-0.2, 0) is 26.5 Å². The summed E-state index contributed by atoms with van der Waals surface area (Å²) in [6.07, 6.45) is 0.480. The molecule has 1 aliphatic heterocycles. The van der Waals surface area contributed by atoms with Gasteiger partial charge < -0.3 is 0 Å². The number of hydrogen-bond donors (Lipinski definition) is 0. The van der Waals surface area contributed by atoms with Gasteiger partial charge in [-0.1, -0.05) is 6.07 Å². The maximum Gasteiger partial charge on any atom is 0.264 e. The van der Waals surface area contributed by atoms with E-state index < -0.39 is 20.0 Å². The van der Waals surface area contributed by atoms with E-state index in [2.05, 4.69) is 0 Å². The van der Waals surface area contributed by atoms with Gasteiger partial charge in [-0.3, -0.25) is 4.31 Å². The average molecular weight is 423 g/mol. The molecule has 0 N–H and O–H groups in total. The Labute approximate surface area is 167 Å². The molecule has 2 aromatic rings. The molecular formula is C20H26N2O4S2. The van der Waals surface area contributed by atoms with Crippen molar-refractivity contribution in [1.29, 1.82) is 0 Å². The van der Waals surface area contributed by atoms with Crippen molar-refractivity contribution in [2.45, 2.75) is 43.9 Å². The third-order valence-electron chi connectivity index (χ3n) is 5.53. The van der Waals surface area contributed by atoms with Crippen molar-refractivity contribution in [3.8, 4) is 0 Å². The largest absolute Gasteiger partial charge is 0.266 e. The van der Waals surface area contributed by atoms with Gasteiger partial charge in [-0.25, -0.2) is 21.1 Å². The Morgan fingerprint density at radius 2 is 1.46 bits per heavy atom. The lowest BCUT2D eigenvalue weighted by Gasteiger charge is -2.24. The van der Waals surface area contributed by atoms with Crippen LogP contribution in [0.1, 0.15) is 27.8 Å². The first kappa shape index (κ1) is 20.8. The maximum atomic E-state index is 13.5. The van der Waals surface area contributed by atoms with Crippen LogP contribution < -0.4 is 4.31 Å². The highest BCUT2D eigenvalue weighted by molar-refractivity contribution is 7.93. The van der Waals surface area contributed by atoms with E-state index in [1.165, 1.54) is 24.5 Å². The fraction of sp³-hybridized carbons (Fsp3) is 0.400. The molecule has 1 aliphatic rings. The second-order valence-corrected chi connectivity index (χ2v) is 11.4. The van der Waals surface area contributed by atoms with Gasteiger partial charge in [-0.2, -0.15) is 0 Å². The van der Waals surface area contributed by atoms with Crippen LogP contribution in [0.5, 0.6) is 0 Å². The SMILES string of the molecule is Cc1cc(C)c(C)c(S(=O)(=O)N2CCc3cc(S(=O)(=O)N(C)C)ccc32)c1C. The fourth-order valence-corrected chi connectivity index (χ4v) is 6.68. The molecular weight excluding hydrogens is 396 g/mol. The van der Waals surface area contributed by atoms with Crippen LogP contribution in [0, 0.1) is 27.7 Å². The summed E-state index contributed by atoms with van der Waals surface area (Å²) in [6.45, 7) is 7.79. The number of hydrogen-bond acceptors (Lipinski definition) is 4. The minimum Gasteiger partial charge on any atom is -0.266 e. The lowest BCUT2D eigenvalue weighted by Crippen LogP contribution is -2.30. The molecule has 0 saturated heterocycles. The fourth-order valence-electron chi connectivity index (χ4n) is 3.65. The van der Waals surface area contributed by atoms with Gasteiger partial charge >= 0.3 is 0 Å². The molecule has 8 heteroatoms. The molecule has 152 valence electrons. The van der Waals surface area contributed by atoms with E-state index >= 15 is 0 Å². The minimum absolute atomic E-state index is 0.175. The summed E-state index contributed by atoms with van der Waals surface area (Å²) in [5.41, 5.74) is 4.66. The van der Waals surface area contributed by atoms with Gasteiger partial charge in [0.2, 0.25) is 10.0 Å². The maximum absolute atomic E-state index is 13.5. The van der Waals surface area contributed by atoms with E-state index in [9.17, 15) is 16.8 Å². The van der Waals surface area contributed by atoms with Crippen molar-refractivity contribution >= 4 is 25.7 Å². The second-order valence-electron chi connectivity index (χ2n) is 7.49. The summed E-state index contributed by atoms with van der Waals surface area (Å²) in [6, 6.07) is 6.66. The van der Waals surface area contributed by atoms with Crippen LogP contribution in [0.2, 0.25) is 0 Å². The van der Waals surface area contributed by atoms with Crippen LogP contribution in [-0.4, -0.2) is 41.8 Å². The molecule has 0 saturated carbocycles. The van der Waals surface area contributed by atoms with Crippen LogP contribution >= 0.6 is 0 Å². The molecule has 6 nitrogen and oxygen atoms in total. The Morgan fingerprint density at radius 3 is 2.00 bits per heavy atom. The summed E-state index contributed by atoms with van der Waals surface area (Å²) in [4.78, 5) is 0.525. The van der Waals surface area contributed by atoms with Crippen molar-refractivity contribution in [3.05, 3.63) is 52.1 Å². The highest BCUT2D eigenvalue weighted by Gasteiger charge is 2.34. The quantitative estimate of drug-likeness (QED) is 0.759. The minimum atomic E-state index is -3.75. The van der Waals surface area contributed by atoms with Crippen LogP contribution in [0.3, 0.4) is 0 Å². The van der Waals surface area contributed by atoms with E-state index in [4.69, 9.17) is 0 Å². The standard InChI is InChI=1S/C20H26N2O4S2/c1-13-11-14(2)16(4)20(15(13)3)28(25,26)22-10-9-17-12-18(7-8-19(17)22)27(23,24)21(5)6/h7-8,11-12H,9-10H2,1-6H3. The third kappa shape index (κ3) is 3.13. The summed E-state index contributed by atoms with van der Waals surface area (Å²) in [5, 5.41) is 0. The zero-order chi connectivity index (χ0) is 21.0. The monoisotopic (exact) mass is 422 g/mol. The topological polar surface area (TPSA) is 74.8 Å². The van der Waals surface area contributed by atoms with E-state index in [0.29, 0.717) is 23.5 Å². The Morgan fingerprint density at radius 1 is 0.893 bits per heavy atom. The number of rotatable bonds is 4. The van der Waals surface area contributed by atoms with E-state index in [0.717, 1.165) is 32.1 Å². The van der Waals surface area contributed by atoms with Crippen LogP contribution in [0.4, 0.5) is 5.69 Å². The van der Waals surface area contributed by atoms with E-state index in [-0.39, 0.29) is 4.90 Å². The second kappa shape index (κ2) is 6.86. The molecule has 0 radical (unpaired) electrons. The third-order valence-corrected chi connectivity index (χ3v) is 9.43. The summed E-state index contributed by atoms with van der Waals surface area (Å²) >= 11 is 0. The number of nitrogens with zero attached hydrogens (tertiary/aromatic N) is 2. The summed E-state index contributed by atoms with van der Waals surface area (Å²) in [5.74, 6) is 0. The first-order valence-electron chi connectivity index (χ1n) is 9.04. The molecule has 28 heavy (non-hydrogen) atoms. The molecule has 2 aromatic carbocycles. The highest BCUT2D eigenvalue weighted by atomic mass is 32.2. The predicted molar refractivity (Wildman–Crippen MR) is 111 cm³/mol. The van der Waals surface area contributed by atoms with Gasteiger partial charge in [0.05, 0.1) is 15.5 Å². The van der Waals surface area contributed by atoms with Gasteiger partial charge in [-0.05, 0) is 80.1 Å². The molecule has 1 heterocycles. The van der Waals surface area contributed by atoms with Crippen molar-refractivity contribution in [1.82, 2.24) is 4.31 Å². The van der Waals surface area contributed by atoms with Crippen molar-refractivity contribution in [3.63, 3.8) is 0 Å². The molecule has 0 atom stereocenters. The van der Waals surface area contributed by atoms with Gasteiger partial charge in [0.15, 0.2) is 0 Å². The highest BCUT2D eigenvalue weighted by Crippen LogP contribution is 2.37. The number of aryl methyl sites for hydroxylation is 2. The lowest BCUT2D eigenvalue weighted by molar-refractivity contribution is 0.520. The molecule has 0 aromatic heterocycles. The zero-order valence-corrected chi connectivity index (χ0v) is 18.7.